The second-order valence-electron chi connectivity index (χ2n) is 7.27. The highest BCUT2D eigenvalue weighted by Gasteiger charge is 2.38. The first-order chi connectivity index (χ1) is 11.5. The fourth-order valence-corrected chi connectivity index (χ4v) is 3.79. The van der Waals surface area contributed by atoms with Gasteiger partial charge in [-0.15, -0.1) is 0 Å². The number of rotatable bonds is 6. The SMILES string of the molecule is CC1(C)OCC(CN2CCC(CNC=O)(c3cccnc3)CC2)O1. The Kier molecular flexibility index (Phi) is 5.18. The molecule has 1 atom stereocenters. The molecule has 0 radical (unpaired) electrons. The summed E-state index contributed by atoms with van der Waals surface area (Å²) in [6.07, 6.45) is 6.64. The minimum absolute atomic E-state index is 0.0298. The number of pyridine rings is 1. The molecule has 1 unspecified atom stereocenters. The quantitative estimate of drug-likeness (QED) is 0.796. The molecular weight excluding hydrogens is 306 g/mol. The zero-order chi connectivity index (χ0) is 17.0. The second kappa shape index (κ2) is 7.17. The minimum Gasteiger partial charge on any atom is -0.358 e. The number of carbonyl (C=O) groups excluding carboxylic acids is 1. The fourth-order valence-electron chi connectivity index (χ4n) is 3.79. The maximum Gasteiger partial charge on any atom is 0.207 e. The third-order valence-electron chi connectivity index (χ3n) is 5.14. The van der Waals surface area contributed by atoms with E-state index in [0.29, 0.717) is 13.2 Å². The lowest BCUT2D eigenvalue weighted by Gasteiger charge is -2.42. The van der Waals surface area contributed by atoms with Crippen molar-refractivity contribution in [1.29, 1.82) is 0 Å². The van der Waals surface area contributed by atoms with Crippen LogP contribution in [-0.4, -0.2) is 61.0 Å². The number of nitrogens with one attached hydrogen (secondary N) is 1. The van der Waals surface area contributed by atoms with Crippen LogP contribution in [0.2, 0.25) is 0 Å². The lowest BCUT2D eigenvalue weighted by molar-refractivity contribution is -0.140. The number of carbonyl (C=O) groups is 1. The Labute approximate surface area is 143 Å². The van der Waals surface area contributed by atoms with Gasteiger partial charge in [0.05, 0.1) is 12.7 Å². The summed E-state index contributed by atoms with van der Waals surface area (Å²) in [6, 6.07) is 4.09. The number of hydrogen-bond donors (Lipinski definition) is 1. The Morgan fingerprint density at radius 1 is 1.42 bits per heavy atom. The third-order valence-corrected chi connectivity index (χ3v) is 5.14. The van der Waals surface area contributed by atoms with E-state index in [0.717, 1.165) is 38.9 Å². The van der Waals surface area contributed by atoms with Crippen molar-refractivity contribution in [2.75, 3.05) is 32.8 Å². The monoisotopic (exact) mass is 333 g/mol. The molecule has 0 saturated carbocycles. The van der Waals surface area contributed by atoms with Crippen LogP contribution in [0.25, 0.3) is 0 Å². The molecule has 6 nitrogen and oxygen atoms in total. The summed E-state index contributed by atoms with van der Waals surface area (Å²) in [5.41, 5.74) is 1.18. The summed E-state index contributed by atoms with van der Waals surface area (Å²) in [7, 11) is 0. The van der Waals surface area contributed by atoms with Crippen molar-refractivity contribution in [3.63, 3.8) is 0 Å². The molecule has 2 aliphatic heterocycles. The molecule has 0 bridgehead atoms. The second-order valence-corrected chi connectivity index (χ2v) is 7.27. The van der Waals surface area contributed by atoms with Crippen LogP contribution in [0.15, 0.2) is 24.5 Å². The molecule has 2 saturated heterocycles. The molecule has 24 heavy (non-hydrogen) atoms. The molecule has 2 fully saturated rings. The summed E-state index contributed by atoms with van der Waals surface area (Å²) < 4.78 is 11.6. The number of aromatic nitrogens is 1. The van der Waals surface area contributed by atoms with Gasteiger partial charge in [0.1, 0.15) is 0 Å². The molecule has 1 amide bonds. The van der Waals surface area contributed by atoms with Gasteiger partial charge in [0.25, 0.3) is 0 Å². The largest absolute Gasteiger partial charge is 0.358 e. The first kappa shape index (κ1) is 17.3. The number of ether oxygens (including phenoxy) is 2. The topological polar surface area (TPSA) is 63.7 Å². The first-order valence-electron chi connectivity index (χ1n) is 8.65. The number of nitrogens with zero attached hydrogens (tertiary/aromatic N) is 2. The lowest BCUT2D eigenvalue weighted by atomic mass is 9.73. The Morgan fingerprint density at radius 3 is 2.79 bits per heavy atom. The van der Waals surface area contributed by atoms with E-state index in [1.54, 1.807) is 6.20 Å². The molecule has 3 rings (SSSR count). The summed E-state index contributed by atoms with van der Waals surface area (Å²) in [4.78, 5) is 17.5. The molecule has 0 aliphatic carbocycles. The highest BCUT2D eigenvalue weighted by molar-refractivity contribution is 5.46. The fraction of sp³-hybridized carbons (Fsp3) is 0.667. The van der Waals surface area contributed by atoms with Gasteiger partial charge in [-0.2, -0.15) is 0 Å². The van der Waals surface area contributed by atoms with Gasteiger partial charge in [-0.3, -0.25) is 9.78 Å². The van der Waals surface area contributed by atoms with E-state index in [4.69, 9.17) is 9.47 Å². The van der Waals surface area contributed by atoms with Gasteiger partial charge < -0.3 is 19.7 Å². The van der Waals surface area contributed by atoms with Crippen molar-refractivity contribution in [1.82, 2.24) is 15.2 Å². The van der Waals surface area contributed by atoms with E-state index < -0.39 is 5.79 Å². The summed E-state index contributed by atoms with van der Waals surface area (Å²) >= 11 is 0. The molecular formula is C18H27N3O3. The standard InChI is InChI=1S/C18H27N3O3/c1-17(2)23-12-16(24-17)11-21-8-5-18(6-9-21,13-20-14-22)15-4-3-7-19-10-15/h3-4,7,10,14,16H,5-6,8-9,11-13H2,1-2H3,(H,20,22). The third kappa shape index (κ3) is 3.94. The van der Waals surface area contributed by atoms with Crippen LogP contribution in [0.1, 0.15) is 32.3 Å². The first-order valence-corrected chi connectivity index (χ1v) is 8.65. The van der Waals surface area contributed by atoms with E-state index >= 15 is 0 Å². The van der Waals surface area contributed by atoms with Crippen molar-refractivity contribution >= 4 is 6.41 Å². The number of hydrogen-bond acceptors (Lipinski definition) is 5. The van der Waals surface area contributed by atoms with Crippen LogP contribution >= 0.6 is 0 Å². The van der Waals surface area contributed by atoms with E-state index in [9.17, 15) is 4.79 Å². The Morgan fingerprint density at radius 2 is 2.21 bits per heavy atom. The van der Waals surface area contributed by atoms with Crippen LogP contribution in [0.5, 0.6) is 0 Å². The molecule has 2 aliphatic rings. The van der Waals surface area contributed by atoms with Crippen LogP contribution in [0.3, 0.4) is 0 Å². The zero-order valence-corrected chi connectivity index (χ0v) is 14.5. The van der Waals surface area contributed by atoms with Gasteiger partial charge >= 0.3 is 0 Å². The van der Waals surface area contributed by atoms with E-state index in [2.05, 4.69) is 21.3 Å². The van der Waals surface area contributed by atoms with Crippen LogP contribution in [-0.2, 0) is 19.7 Å². The van der Waals surface area contributed by atoms with Crippen molar-refractivity contribution in [3.8, 4) is 0 Å². The summed E-state index contributed by atoms with van der Waals surface area (Å²) in [5.74, 6) is -0.464. The smallest absolute Gasteiger partial charge is 0.207 e. The molecule has 1 aromatic heterocycles. The number of amides is 1. The van der Waals surface area contributed by atoms with Gasteiger partial charge in [-0.05, 0) is 51.4 Å². The van der Waals surface area contributed by atoms with Crippen LogP contribution in [0, 0.1) is 0 Å². The highest BCUT2D eigenvalue weighted by Crippen LogP contribution is 2.35. The van der Waals surface area contributed by atoms with Crippen LogP contribution in [0.4, 0.5) is 0 Å². The van der Waals surface area contributed by atoms with Gasteiger partial charge in [-0.25, -0.2) is 0 Å². The molecule has 0 aromatic carbocycles. The van der Waals surface area contributed by atoms with Crippen LogP contribution < -0.4 is 5.32 Å². The summed E-state index contributed by atoms with van der Waals surface area (Å²) in [5, 5.41) is 2.88. The average molecular weight is 333 g/mol. The van der Waals surface area contributed by atoms with Gasteiger partial charge in [0.15, 0.2) is 5.79 Å². The van der Waals surface area contributed by atoms with E-state index in [-0.39, 0.29) is 11.5 Å². The van der Waals surface area contributed by atoms with Gasteiger partial charge in [0.2, 0.25) is 6.41 Å². The van der Waals surface area contributed by atoms with Crippen molar-refractivity contribution in [2.45, 2.75) is 44.0 Å². The molecule has 132 valence electrons. The average Bonchev–Trinajstić information content (AvgIpc) is 2.94. The molecule has 6 heteroatoms. The van der Waals surface area contributed by atoms with Gasteiger partial charge in [-0.1, -0.05) is 6.07 Å². The van der Waals surface area contributed by atoms with Crippen molar-refractivity contribution in [3.05, 3.63) is 30.1 Å². The van der Waals surface area contributed by atoms with Crippen molar-refractivity contribution in [2.24, 2.45) is 0 Å². The van der Waals surface area contributed by atoms with Crippen molar-refractivity contribution < 1.29 is 14.3 Å². The molecule has 1 aromatic rings. The maximum atomic E-state index is 10.8. The van der Waals surface area contributed by atoms with Gasteiger partial charge in [0, 0.05) is 30.9 Å². The number of likely N-dealkylation sites (tertiary alicyclic amines) is 1. The molecule has 3 heterocycles. The Hall–Kier alpha value is -1.50. The van der Waals surface area contributed by atoms with E-state index in [1.807, 2.05) is 26.1 Å². The highest BCUT2D eigenvalue weighted by atomic mass is 16.7. The zero-order valence-electron chi connectivity index (χ0n) is 14.5. The lowest BCUT2D eigenvalue weighted by Crippen LogP contribution is -2.49. The summed E-state index contributed by atoms with van der Waals surface area (Å²) in [6.45, 7) is 8.10. The predicted molar refractivity (Wildman–Crippen MR) is 90.6 cm³/mol. The predicted octanol–water partition coefficient (Wildman–Crippen LogP) is 1.31. The molecule has 0 spiro atoms. The van der Waals surface area contributed by atoms with E-state index in [1.165, 1.54) is 5.56 Å². The Bertz CT molecular complexity index is 542. The number of piperidine rings is 1. The minimum atomic E-state index is -0.464. The maximum absolute atomic E-state index is 10.8. The Balaban J connectivity index is 1.61. The normalized spacial score (nSPS) is 26.2. The molecule has 1 N–H and O–H groups in total.